The van der Waals surface area contributed by atoms with Crippen LogP contribution in [0.5, 0.6) is 0 Å². The first-order valence-electron chi connectivity index (χ1n) is 5.76. The standard InChI is InChI=1S/C15H13N3O/c1-2-11-4-3-5-13(8-11)18-15(19)12-6-7-17-14(9-12)10-16/h1,3-9H,10,16H2,(H,18,19). The van der Waals surface area contributed by atoms with Gasteiger partial charge in [0.25, 0.3) is 5.91 Å². The maximum atomic E-state index is 12.1. The predicted octanol–water partition coefficient (Wildman–Crippen LogP) is 1.77. The molecular formula is C15H13N3O. The van der Waals surface area contributed by atoms with E-state index in [9.17, 15) is 4.79 Å². The Labute approximate surface area is 111 Å². The molecule has 19 heavy (non-hydrogen) atoms. The summed E-state index contributed by atoms with van der Waals surface area (Å²) < 4.78 is 0. The van der Waals surface area contributed by atoms with Gasteiger partial charge in [-0.1, -0.05) is 12.0 Å². The second-order valence-electron chi connectivity index (χ2n) is 3.92. The summed E-state index contributed by atoms with van der Waals surface area (Å²) in [7, 11) is 0. The first kappa shape index (κ1) is 12.8. The lowest BCUT2D eigenvalue weighted by molar-refractivity contribution is 0.102. The molecule has 1 aromatic carbocycles. The van der Waals surface area contributed by atoms with Gasteiger partial charge in [-0.2, -0.15) is 0 Å². The van der Waals surface area contributed by atoms with Crippen molar-refractivity contribution in [2.75, 3.05) is 5.32 Å². The molecule has 0 aliphatic heterocycles. The molecule has 1 heterocycles. The van der Waals surface area contributed by atoms with Gasteiger partial charge >= 0.3 is 0 Å². The lowest BCUT2D eigenvalue weighted by Gasteiger charge is -2.06. The fourth-order valence-electron chi connectivity index (χ4n) is 1.62. The molecule has 2 aromatic rings. The van der Waals surface area contributed by atoms with Gasteiger partial charge in [0.15, 0.2) is 0 Å². The number of nitrogens with two attached hydrogens (primary N) is 1. The number of carbonyl (C=O) groups is 1. The fraction of sp³-hybridized carbons (Fsp3) is 0.0667. The van der Waals surface area contributed by atoms with Crippen molar-refractivity contribution in [3.63, 3.8) is 0 Å². The molecule has 0 spiro atoms. The fourth-order valence-corrected chi connectivity index (χ4v) is 1.62. The van der Waals surface area contributed by atoms with E-state index < -0.39 is 0 Å². The highest BCUT2D eigenvalue weighted by Gasteiger charge is 2.07. The quantitative estimate of drug-likeness (QED) is 0.817. The smallest absolute Gasteiger partial charge is 0.255 e. The van der Waals surface area contributed by atoms with Gasteiger partial charge in [0.05, 0.1) is 5.69 Å². The molecule has 94 valence electrons. The number of terminal acetylenes is 1. The number of nitrogens with one attached hydrogen (secondary N) is 1. The third-order valence-electron chi connectivity index (χ3n) is 2.57. The van der Waals surface area contributed by atoms with Crippen molar-refractivity contribution in [3.8, 4) is 12.3 Å². The summed E-state index contributed by atoms with van der Waals surface area (Å²) in [5, 5.41) is 2.78. The van der Waals surface area contributed by atoms with E-state index in [1.54, 1.807) is 42.6 Å². The molecule has 4 heteroatoms. The van der Waals surface area contributed by atoms with Crippen molar-refractivity contribution in [1.29, 1.82) is 0 Å². The number of benzene rings is 1. The molecule has 1 aromatic heterocycles. The second-order valence-corrected chi connectivity index (χ2v) is 3.92. The molecule has 3 N–H and O–H groups in total. The van der Waals surface area contributed by atoms with Gasteiger partial charge < -0.3 is 11.1 Å². The third kappa shape index (κ3) is 3.18. The SMILES string of the molecule is C#Cc1cccc(NC(=O)c2ccnc(CN)c2)c1. The lowest BCUT2D eigenvalue weighted by atomic mass is 10.2. The zero-order valence-corrected chi connectivity index (χ0v) is 10.3. The van der Waals surface area contributed by atoms with Crippen molar-refractivity contribution in [1.82, 2.24) is 4.98 Å². The molecule has 1 amide bonds. The minimum absolute atomic E-state index is 0.216. The van der Waals surface area contributed by atoms with Gasteiger partial charge in [-0.3, -0.25) is 9.78 Å². The summed E-state index contributed by atoms with van der Waals surface area (Å²) >= 11 is 0. The van der Waals surface area contributed by atoms with Gasteiger partial charge in [0.1, 0.15) is 0 Å². The molecule has 0 fully saturated rings. The summed E-state index contributed by atoms with van der Waals surface area (Å²) in [5.41, 5.74) is 8.06. The van der Waals surface area contributed by atoms with Crippen LogP contribution in [0.4, 0.5) is 5.69 Å². The van der Waals surface area contributed by atoms with E-state index in [0.29, 0.717) is 23.5 Å². The Hall–Kier alpha value is -2.64. The Morgan fingerprint density at radius 3 is 2.95 bits per heavy atom. The van der Waals surface area contributed by atoms with Crippen LogP contribution in [0.3, 0.4) is 0 Å². The molecular weight excluding hydrogens is 238 g/mol. The first-order chi connectivity index (χ1) is 9.22. The van der Waals surface area contributed by atoms with Gasteiger partial charge in [-0.05, 0) is 30.3 Å². The average molecular weight is 251 g/mol. The van der Waals surface area contributed by atoms with Crippen LogP contribution < -0.4 is 11.1 Å². The van der Waals surface area contributed by atoms with E-state index in [4.69, 9.17) is 12.2 Å². The van der Waals surface area contributed by atoms with Gasteiger partial charge in [-0.15, -0.1) is 6.42 Å². The highest BCUT2D eigenvalue weighted by molar-refractivity contribution is 6.04. The summed E-state index contributed by atoms with van der Waals surface area (Å²) in [6, 6.07) is 10.4. The van der Waals surface area contributed by atoms with Crippen molar-refractivity contribution in [3.05, 3.63) is 59.4 Å². The Balaban J connectivity index is 2.18. The van der Waals surface area contributed by atoms with E-state index in [-0.39, 0.29) is 5.91 Å². The topological polar surface area (TPSA) is 68.0 Å². The second kappa shape index (κ2) is 5.80. The number of hydrogen-bond acceptors (Lipinski definition) is 3. The number of amides is 1. The van der Waals surface area contributed by atoms with E-state index in [0.717, 1.165) is 5.56 Å². The number of nitrogens with zero attached hydrogens (tertiary/aromatic N) is 1. The minimum Gasteiger partial charge on any atom is -0.325 e. The first-order valence-corrected chi connectivity index (χ1v) is 5.76. The molecule has 0 unspecified atom stereocenters. The molecule has 0 saturated heterocycles. The molecule has 0 bridgehead atoms. The monoisotopic (exact) mass is 251 g/mol. The van der Waals surface area contributed by atoms with Gasteiger partial charge in [-0.25, -0.2) is 0 Å². The molecule has 0 saturated carbocycles. The Bertz CT molecular complexity index is 644. The summed E-state index contributed by atoms with van der Waals surface area (Å²) in [6.07, 6.45) is 6.88. The number of pyridine rings is 1. The van der Waals surface area contributed by atoms with Crippen LogP contribution in [0.25, 0.3) is 0 Å². The largest absolute Gasteiger partial charge is 0.325 e. The van der Waals surface area contributed by atoms with Gasteiger partial charge in [0.2, 0.25) is 0 Å². The zero-order valence-electron chi connectivity index (χ0n) is 10.3. The van der Waals surface area contributed by atoms with Crippen LogP contribution in [-0.2, 0) is 6.54 Å². The molecule has 0 radical (unpaired) electrons. The Morgan fingerprint density at radius 2 is 2.21 bits per heavy atom. The van der Waals surface area contributed by atoms with Crippen molar-refractivity contribution >= 4 is 11.6 Å². The van der Waals surface area contributed by atoms with Crippen LogP contribution in [0.2, 0.25) is 0 Å². The van der Waals surface area contributed by atoms with Crippen LogP contribution in [0.1, 0.15) is 21.6 Å². The number of anilines is 1. The van der Waals surface area contributed by atoms with E-state index in [1.807, 2.05) is 0 Å². The van der Waals surface area contributed by atoms with Crippen LogP contribution in [0, 0.1) is 12.3 Å². The Morgan fingerprint density at radius 1 is 1.37 bits per heavy atom. The molecule has 2 rings (SSSR count). The van der Waals surface area contributed by atoms with Crippen molar-refractivity contribution in [2.24, 2.45) is 5.73 Å². The minimum atomic E-state index is -0.216. The summed E-state index contributed by atoms with van der Waals surface area (Å²) in [5.74, 6) is 2.30. The third-order valence-corrected chi connectivity index (χ3v) is 2.57. The number of aromatic nitrogens is 1. The van der Waals surface area contributed by atoms with E-state index in [1.165, 1.54) is 0 Å². The number of carbonyl (C=O) groups excluding carboxylic acids is 1. The highest BCUT2D eigenvalue weighted by atomic mass is 16.1. The predicted molar refractivity (Wildman–Crippen MR) is 74.5 cm³/mol. The lowest BCUT2D eigenvalue weighted by Crippen LogP contribution is -2.13. The maximum absolute atomic E-state index is 12.1. The molecule has 0 aliphatic carbocycles. The van der Waals surface area contributed by atoms with Crippen molar-refractivity contribution in [2.45, 2.75) is 6.54 Å². The molecule has 0 atom stereocenters. The average Bonchev–Trinajstić information content (AvgIpc) is 2.47. The zero-order chi connectivity index (χ0) is 13.7. The molecule has 0 aliphatic rings. The van der Waals surface area contributed by atoms with E-state index in [2.05, 4.69) is 16.2 Å². The van der Waals surface area contributed by atoms with Crippen LogP contribution in [-0.4, -0.2) is 10.9 Å². The maximum Gasteiger partial charge on any atom is 0.255 e. The number of rotatable bonds is 3. The van der Waals surface area contributed by atoms with E-state index >= 15 is 0 Å². The molecule has 4 nitrogen and oxygen atoms in total. The van der Waals surface area contributed by atoms with Crippen LogP contribution >= 0.6 is 0 Å². The van der Waals surface area contributed by atoms with Crippen molar-refractivity contribution < 1.29 is 4.79 Å². The summed E-state index contributed by atoms with van der Waals surface area (Å²) in [4.78, 5) is 16.1. The normalized spacial score (nSPS) is 9.68. The number of hydrogen-bond donors (Lipinski definition) is 2. The highest BCUT2D eigenvalue weighted by Crippen LogP contribution is 2.12. The van der Waals surface area contributed by atoms with Gasteiger partial charge in [0, 0.05) is 29.6 Å². The Kier molecular flexibility index (Phi) is 3.91. The summed E-state index contributed by atoms with van der Waals surface area (Å²) in [6.45, 7) is 0.299. The van der Waals surface area contributed by atoms with Crippen LogP contribution in [0.15, 0.2) is 42.6 Å².